The van der Waals surface area contributed by atoms with E-state index in [1.54, 1.807) is 50.3 Å². The fraction of sp³-hybridized carbons (Fsp3) is 0.344. The number of nitrogens with one attached hydrogen (secondary N) is 2. The molecule has 0 fully saturated rings. The zero-order chi connectivity index (χ0) is 31.4. The Labute approximate surface area is 252 Å². The summed E-state index contributed by atoms with van der Waals surface area (Å²) in [5.74, 6) is 0.554. The molecule has 3 amide bonds. The van der Waals surface area contributed by atoms with Gasteiger partial charge < -0.3 is 34.9 Å². The van der Waals surface area contributed by atoms with E-state index in [0.717, 1.165) is 11.1 Å². The predicted molar refractivity (Wildman–Crippen MR) is 167 cm³/mol. The Morgan fingerprint density at radius 1 is 0.791 bits per heavy atom. The standard InChI is InChI=1S/C32H40N4O7/c1-6-30(37)36(18-17-35(16-15-31(38)39)21-23-11-14-27(41-3)29(19-23)43-5)24-12-13-26(28(20-24)42-4)34-32(40)33-25-10-8-7-9-22(25)2/h7-14,19-20H,6,15-18,21H2,1-5H3,(H,38,39)(H2,33,34,40). The van der Waals surface area contributed by atoms with Crippen LogP contribution in [0.15, 0.2) is 60.7 Å². The summed E-state index contributed by atoms with van der Waals surface area (Å²) in [7, 11) is 4.62. The van der Waals surface area contributed by atoms with Crippen LogP contribution in [0, 0.1) is 6.92 Å². The third kappa shape index (κ3) is 9.37. The van der Waals surface area contributed by atoms with Crippen molar-refractivity contribution in [2.24, 2.45) is 0 Å². The molecule has 11 heteroatoms. The van der Waals surface area contributed by atoms with Crippen molar-refractivity contribution in [3.63, 3.8) is 0 Å². The number of urea groups is 1. The van der Waals surface area contributed by atoms with Crippen LogP contribution in [0.5, 0.6) is 17.2 Å². The number of amides is 3. The van der Waals surface area contributed by atoms with Gasteiger partial charge in [0.2, 0.25) is 5.91 Å². The molecule has 3 rings (SSSR count). The molecule has 0 aliphatic rings. The average Bonchev–Trinajstić information content (AvgIpc) is 3.01. The van der Waals surface area contributed by atoms with E-state index in [1.165, 1.54) is 7.11 Å². The topological polar surface area (TPSA) is 130 Å². The third-order valence-electron chi connectivity index (χ3n) is 6.88. The Balaban J connectivity index is 1.78. The summed E-state index contributed by atoms with van der Waals surface area (Å²) in [5, 5.41) is 15.0. The molecule has 0 atom stereocenters. The molecule has 0 saturated heterocycles. The zero-order valence-electron chi connectivity index (χ0n) is 25.3. The van der Waals surface area contributed by atoms with Crippen LogP contribution in [0.2, 0.25) is 0 Å². The monoisotopic (exact) mass is 592 g/mol. The molecule has 230 valence electrons. The molecular formula is C32H40N4O7. The van der Waals surface area contributed by atoms with Gasteiger partial charge in [-0.25, -0.2) is 4.79 Å². The summed E-state index contributed by atoms with van der Waals surface area (Å²) >= 11 is 0. The molecular weight excluding hydrogens is 552 g/mol. The van der Waals surface area contributed by atoms with Gasteiger partial charge in [0.05, 0.1) is 33.4 Å². The Bertz CT molecular complexity index is 1410. The number of carbonyl (C=O) groups excluding carboxylic acids is 2. The number of rotatable bonds is 15. The Kier molecular flexibility index (Phi) is 12.2. The first kappa shape index (κ1) is 32.7. The lowest BCUT2D eigenvalue weighted by molar-refractivity contribution is -0.137. The summed E-state index contributed by atoms with van der Waals surface area (Å²) in [5.41, 5.74) is 3.57. The van der Waals surface area contributed by atoms with Crippen molar-refractivity contribution in [2.75, 3.05) is 56.5 Å². The Hall–Kier alpha value is -4.77. The third-order valence-corrected chi connectivity index (χ3v) is 6.88. The second kappa shape index (κ2) is 16.0. The second-order valence-corrected chi connectivity index (χ2v) is 9.79. The maximum absolute atomic E-state index is 13.1. The molecule has 0 heterocycles. The number of aliphatic carboxylic acids is 1. The van der Waals surface area contributed by atoms with Crippen molar-refractivity contribution in [2.45, 2.75) is 33.2 Å². The smallest absolute Gasteiger partial charge is 0.323 e. The molecule has 0 unspecified atom stereocenters. The number of hydrogen-bond donors (Lipinski definition) is 3. The number of anilines is 3. The highest BCUT2D eigenvalue weighted by Crippen LogP contribution is 2.31. The number of aryl methyl sites for hydroxylation is 1. The van der Waals surface area contributed by atoms with E-state index in [1.807, 2.05) is 48.2 Å². The van der Waals surface area contributed by atoms with Crippen LogP contribution >= 0.6 is 0 Å². The summed E-state index contributed by atoms with van der Waals surface area (Å²) in [6, 6.07) is 17.7. The van der Waals surface area contributed by atoms with Crippen molar-refractivity contribution in [3.05, 3.63) is 71.8 Å². The van der Waals surface area contributed by atoms with Gasteiger partial charge in [-0.05, 0) is 48.4 Å². The molecule has 3 aromatic carbocycles. The number of para-hydroxylation sites is 1. The lowest BCUT2D eigenvalue weighted by atomic mass is 10.1. The van der Waals surface area contributed by atoms with Crippen LogP contribution in [-0.4, -0.2) is 68.9 Å². The van der Waals surface area contributed by atoms with Crippen molar-refractivity contribution < 1.29 is 33.7 Å². The first-order valence-corrected chi connectivity index (χ1v) is 14.0. The van der Waals surface area contributed by atoms with E-state index in [9.17, 15) is 19.5 Å². The number of carbonyl (C=O) groups is 3. The van der Waals surface area contributed by atoms with Gasteiger partial charge >= 0.3 is 12.0 Å². The number of nitrogens with zero attached hydrogens (tertiary/aromatic N) is 2. The highest BCUT2D eigenvalue weighted by molar-refractivity contribution is 6.01. The van der Waals surface area contributed by atoms with Gasteiger partial charge in [0, 0.05) is 50.0 Å². The number of methoxy groups -OCH3 is 3. The van der Waals surface area contributed by atoms with Crippen molar-refractivity contribution in [3.8, 4) is 17.2 Å². The lowest BCUT2D eigenvalue weighted by Crippen LogP contribution is -2.39. The number of benzene rings is 3. The largest absolute Gasteiger partial charge is 0.494 e. The first-order chi connectivity index (χ1) is 20.7. The van der Waals surface area contributed by atoms with Crippen LogP contribution in [0.1, 0.15) is 30.9 Å². The van der Waals surface area contributed by atoms with Crippen LogP contribution < -0.4 is 29.7 Å². The molecule has 3 aromatic rings. The SMILES string of the molecule is CCC(=O)N(CCN(CCC(=O)O)Cc1ccc(OC)c(OC)c1)c1ccc(NC(=O)Nc2ccccc2C)c(OC)c1. The van der Waals surface area contributed by atoms with Crippen molar-refractivity contribution in [1.29, 1.82) is 0 Å². The number of carboxylic acids is 1. The molecule has 0 aliphatic heterocycles. The molecule has 0 aromatic heterocycles. The van der Waals surface area contributed by atoms with Gasteiger partial charge in [-0.1, -0.05) is 31.2 Å². The highest BCUT2D eigenvalue weighted by Gasteiger charge is 2.19. The molecule has 11 nitrogen and oxygen atoms in total. The van der Waals surface area contributed by atoms with Crippen LogP contribution in [0.3, 0.4) is 0 Å². The normalized spacial score (nSPS) is 10.7. The number of carboxylic acid groups (broad SMARTS) is 1. The van der Waals surface area contributed by atoms with E-state index in [-0.39, 0.29) is 18.7 Å². The average molecular weight is 593 g/mol. The van der Waals surface area contributed by atoms with Crippen LogP contribution in [0.25, 0.3) is 0 Å². The Morgan fingerprint density at radius 3 is 2.14 bits per heavy atom. The van der Waals surface area contributed by atoms with E-state index in [0.29, 0.717) is 60.5 Å². The maximum atomic E-state index is 13.1. The molecule has 0 aliphatic carbocycles. The van der Waals surface area contributed by atoms with Crippen molar-refractivity contribution in [1.82, 2.24) is 4.90 Å². The van der Waals surface area contributed by atoms with Gasteiger partial charge in [-0.2, -0.15) is 0 Å². The zero-order valence-corrected chi connectivity index (χ0v) is 25.3. The quantitative estimate of drug-likeness (QED) is 0.214. The van der Waals surface area contributed by atoms with Gasteiger partial charge in [-0.3, -0.25) is 14.5 Å². The minimum atomic E-state index is -0.905. The van der Waals surface area contributed by atoms with E-state index < -0.39 is 12.0 Å². The van der Waals surface area contributed by atoms with E-state index in [4.69, 9.17) is 14.2 Å². The summed E-state index contributed by atoms with van der Waals surface area (Å²) in [6.45, 7) is 5.15. The van der Waals surface area contributed by atoms with Crippen LogP contribution in [0.4, 0.5) is 21.9 Å². The lowest BCUT2D eigenvalue weighted by Gasteiger charge is -2.28. The minimum Gasteiger partial charge on any atom is -0.494 e. The van der Waals surface area contributed by atoms with E-state index >= 15 is 0 Å². The van der Waals surface area contributed by atoms with Gasteiger partial charge in [-0.15, -0.1) is 0 Å². The van der Waals surface area contributed by atoms with Gasteiger partial charge in [0.15, 0.2) is 11.5 Å². The fourth-order valence-corrected chi connectivity index (χ4v) is 4.53. The van der Waals surface area contributed by atoms with Gasteiger partial charge in [0.1, 0.15) is 5.75 Å². The molecule has 0 radical (unpaired) electrons. The molecule has 0 bridgehead atoms. The number of hydrogen-bond acceptors (Lipinski definition) is 7. The Morgan fingerprint density at radius 2 is 1.49 bits per heavy atom. The summed E-state index contributed by atoms with van der Waals surface area (Å²) < 4.78 is 16.3. The summed E-state index contributed by atoms with van der Waals surface area (Å²) in [4.78, 5) is 40.7. The van der Waals surface area contributed by atoms with Gasteiger partial charge in [0.25, 0.3) is 0 Å². The molecule has 0 spiro atoms. The predicted octanol–water partition coefficient (Wildman–Crippen LogP) is 5.38. The molecule has 3 N–H and O–H groups in total. The highest BCUT2D eigenvalue weighted by atomic mass is 16.5. The molecule has 0 saturated carbocycles. The number of ether oxygens (including phenoxy) is 3. The molecule has 43 heavy (non-hydrogen) atoms. The first-order valence-electron chi connectivity index (χ1n) is 14.0. The minimum absolute atomic E-state index is 0.0478. The van der Waals surface area contributed by atoms with Crippen LogP contribution in [-0.2, 0) is 16.1 Å². The summed E-state index contributed by atoms with van der Waals surface area (Å²) in [6.07, 6.45) is 0.222. The van der Waals surface area contributed by atoms with E-state index in [2.05, 4.69) is 10.6 Å². The maximum Gasteiger partial charge on any atom is 0.323 e. The second-order valence-electron chi connectivity index (χ2n) is 9.79. The van der Waals surface area contributed by atoms with Crippen molar-refractivity contribution >= 4 is 35.0 Å². The fourth-order valence-electron chi connectivity index (χ4n) is 4.53.